The molecule has 0 spiro atoms. The summed E-state index contributed by atoms with van der Waals surface area (Å²) in [5.74, 6) is -9.04. The van der Waals surface area contributed by atoms with Gasteiger partial charge in [-0.15, -0.1) is 0 Å². The van der Waals surface area contributed by atoms with Crippen LogP contribution in [0.15, 0.2) is 54.0 Å². The van der Waals surface area contributed by atoms with Gasteiger partial charge in [0.1, 0.15) is 12.4 Å². The fraction of sp³-hybridized carbons (Fsp3) is 0.292. The summed E-state index contributed by atoms with van der Waals surface area (Å²) in [6.45, 7) is 3.93. The van der Waals surface area contributed by atoms with E-state index in [4.69, 9.17) is 4.74 Å². The molecule has 0 unspecified atom stereocenters. The van der Waals surface area contributed by atoms with Crippen LogP contribution in [0.2, 0.25) is 0 Å². The predicted octanol–water partition coefficient (Wildman–Crippen LogP) is 1.56. The Labute approximate surface area is 200 Å². The minimum atomic E-state index is -2.97. The quantitative estimate of drug-likeness (QED) is 0.197. The Hall–Kier alpha value is -4.09. The zero-order valence-corrected chi connectivity index (χ0v) is 19.0. The van der Waals surface area contributed by atoms with Crippen molar-refractivity contribution in [3.05, 3.63) is 70.7 Å². The van der Waals surface area contributed by atoms with Crippen molar-refractivity contribution in [2.24, 2.45) is 0 Å². The number of aliphatic hydroxyl groups is 4. The summed E-state index contributed by atoms with van der Waals surface area (Å²) in [7, 11) is 0. The Morgan fingerprint density at radius 3 is 2.17 bits per heavy atom. The fourth-order valence-electron chi connectivity index (χ4n) is 3.64. The highest BCUT2D eigenvalue weighted by Gasteiger charge is 2.52. The molecule has 0 radical (unpaired) electrons. The highest BCUT2D eigenvalue weighted by Crippen LogP contribution is 2.31. The lowest BCUT2D eigenvalue weighted by Gasteiger charge is -2.30. The van der Waals surface area contributed by atoms with E-state index in [1.807, 2.05) is 18.7 Å². The molecule has 0 saturated heterocycles. The van der Waals surface area contributed by atoms with Crippen molar-refractivity contribution in [1.82, 2.24) is 0 Å². The SMILES string of the molecule is CCN(CC)c1ccc(C(=O)c2ccccc2C(=O)O[C@](O)(CO)[C@H]2OC(=O)C(O)=C2O)c(O)c1. The molecule has 0 fully saturated rings. The van der Waals surface area contributed by atoms with Crippen molar-refractivity contribution in [3.63, 3.8) is 0 Å². The maximum Gasteiger partial charge on any atom is 0.378 e. The first-order valence-electron chi connectivity index (χ1n) is 10.7. The monoisotopic (exact) mass is 487 g/mol. The van der Waals surface area contributed by atoms with E-state index >= 15 is 0 Å². The van der Waals surface area contributed by atoms with Crippen molar-refractivity contribution >= 4 is 23.4 Å². The van der Waals surface area contributed by atoms with E-state index in [-0.39, 0.29) is 22.4 Å². The molecule has 0 bridgehead atoms. The van der Waals surface area contributed by atoms with Crippen LogP contribution < -0.4 is 4.90 Å². The third kappa shape index (κ3) is 4.77. The van der Waals surface area contributed by atoms with Crippen molar-refractivity contribution in [2.45, 2.75) is 25.7 Å². The number of esters is 2. The molecule has 0 aromatic heterocycles. The molecule has 0 saturated carbocycles. The average Bonchev–Trinajstić information content (AvgIpc) is 3.12. The summed E-state index contributed by atoms with van der Waals surface area (Å²) < 4.78 is 9.51. The lowest BCUT2D eigenvalue weighted by molar-refractivity contribution is -0.241. The Morgan fingerprint density at radius 2 is 1.66 bits per heavy atom. The Bertz CT molecular complexity index is 1190. The molecule has 0 amide bonds. The number of carbonyl (C=O) groups excluding carboxylic acids is 3. The Morgan fingerprint density at radius 1 is 1.03 bits per heavy atom. The molecule has 0 aliphatic carbocycles. The van der Waals surface area contributed by atoms with Gasteiger partial charge in [-0.1, -0.05) is 18.2 Å². The second-order valence-electron chi connectivity index (χ2n) is 7.66. The molecule has 11 heteroatoms. The van der Waals surface area contributed by atoms with Gasteiger partial charge in [-0.05, 0) is 32.0 Å². The van der Waals surface area contributed by atoms with Crippen molar-refractivity contribution in [2.75, 3.05) is 24.6 Å². The Kier molecular flexibility index (Phi) is 7.32. The van der Waals surface area contributed by atoms with Gasteiger partial charge in [0.25, 0.3) is 5.79 Å². The lowest BCUT2D eigenvalue weighted by atomic mass is 9.97. The van der Waals surface area contributed by atoms with Crippen LogP contribution in [0.5, 0.6) is 5.75 Å². The van der Waals surface area contributed by atoms with E-state index in [1.54, 1.807) is 6.07 Å². The number of phenolic OH excluding ortho intramolecular Hbond substituents is 1. The number of carbonyl (C=O) groups is 3. The number of aromatic hydroxyl groups is 1. The summed E-state index contributed by atoms with van der Waals surface area (Å²) in [5, 5.41) is 50.0. The first-order chi connectivity index (χ1) is 16.6. The first-order valence-corrected chi connectivity index (χ1v) is 10.7. The minimum absolute atomic E-state index is 0.0891. The average molecular weight is 487 g/mol. The number of anilines is 1. The molecular formula is C24H25NO10. The number of cyclic esters (lactones) is 1. The topological polar surface area (TPSA) is 174 Å². The second-order valence-corrected chi connectivity index (χ2v) is 7.66. The molecule has 186 valence electrons. The molecule has 2 atom stereocenters. The molecule has 2 aromatic carbocycles. The van der Waals surface area contributed by atoms with E-state index in [0.29, 0.717) is 18.8 Å². The maximum atomic E-state index is 13.2. The van der Waals surface area contributed by atoms with Crippen LogP contribution in [-0.4, -0.2) is 74.8 Å². The van der Waals surface area contributed by atoms with Crippen LogP contribution in [0, 0.1) is 0 Å². The van der Waals surface area contributed by atoms with Crippen LogP contribution in [-0.2, 0) is 14.3 Å². The number of benzene rings is 2. The Balaban J connectivity index is 1.92. The summed E-state index contributed by atoms with van der Waals surface area (Å²) >= 11 is 0. The van der Waals surface area contributed by atoms with Crippen LogP contribution in [0.1, 0.15) is 40.1 Å². The number of nitrogens with zero attached hydrogens (tertiary/aromatic N) is 1. The zero-order chi connectivity index (χ0) is 25.9. The molecule has 2 aromatic rings. The van der Waals surface area contributed by atoms with Crippen LogP contribution in [0.4, 0.5) is 5.69 Å². The first kappa shape index (κ1) is 25.5. The smallest absolute Gasteiger partial charge is 0.378 e. The number of hydrogen-bond acceptors (Lipinski definition) is 11. The van der Waals surface area contributed by atoms with Gasteiger partial charge in [0.2, 0.25) is 11.9 Å². The molecule has 3 rings (SSSR count). The van der Waals surface area contributed by atoms with Gasteiger partial charge in [0, 0.05) is 30.4 Å². The van der Waals surface area contributed by atoms with Gasteiger partial charge in [0.15, 0.2) is 11.5 Å². The second kappa shape index (κ2) is 10.0. The zero-order valence-electron chi connectivity index (χ0n) is 19.0. The van der Waals surface area contributed by atoms with Crippen LogP contribution in [0.3, 0.4) is 0 Å². The van der Waals surface area contributed by atoms with Gasteiger partial charge >= 0.3 is 11.9 Å². The molecule has 1 heterocycles. The van der Waals surface area contributed by atoms with Gasteiger partial charge in [-0.25, -0.2) is 9.59 Å². The largest absolute Gasteiger partial charge is 0.507 e. The van der Waals surface area contributed by atoms with Crippen LogP contribution >= 0.6 is 0 Å². The van der Waals surface area contributed by atoms with Crippen molar-refractivity contribution < 1.29 is 49.4 Å². The third-order valence-corrected chi connectivity index (χ3v) is 5.56. The number of rotatable bonds is 9. The molecule has 1 aliphatic rings. The highest BCUT2D eigenvalue weighted by molar-refractivity contribution is 6.15. The number of ketones is 1. The molecule has 5 N–H and O–H groups in total. The number of hydrogen-bond donors (Lipinski definition) is 5. The van der Waals surface area contributed by atoms with E-state index in [9.17, 15) is 39.9 Å². The summed E-state index contributed by atoms with van der Waals surface area (Å²) in [5.41, 5.74) is 0.0871. The standard InChI is InChI=1S/C24H25NO10/c1-3-25(4-2)13-9-10-16(17(27)11-13)18(28)14-7-5-6-8-15(14)22(31)35-24(33,12-26)21-19(29)20(30)23(32)34-21/h5-11,21,26-27,29-30,33H,3-4,12H2,1-2H3/t21-,24+/m0/s1. The van der Waals surface area contributed by atoms with Gasteiger partial charge < -0.3 is 39.9 Å². The number of phenols is 1. The van der Waals surface area contributed by atoms with Gasteiger partial charge in [-0.3, -0.25) is 4.79 Å². The van der Waals surface area contributed by atoms with E-state index in [0.717, 1.165) is 0 Å². The summed E-state index contributed by atoms with van der Waals surface area (Å²) in [4.78, 5) is 39.5. The normalized spacial score (nSPS) is 17.0. The predicted molar refractivity (Wildman–Crippen MR) is 121 cm³/mol. The lowest BCUT2D eigenvalue weighted by Crippen LogP contribution is -2.51. The third-order valence-electron chi connectivity index (χ3n) is 5.56. The molecule has 1 aliphatic heterocycles. The maximum absolute atomic E-state index is 13.2. The van der Waals surface area contributed by atoms with E-state index < -0.39 is 47.7 Å². The summed E-state index contributed by atoms with van der Waals surface area (Å²) in [6.07, 6.45) is -2.09. The molecular weight excluding hydrogens is 462 g/mol. The molecule has 35 heavy (non-hydrogen) atoms. The van der Waals surface area contributed by atoms with E-state index in [1.165, 1.54) is 36.4 Å². The number of ether oxygens (including phenoxy) is 2. The van der Waals surface area contributed by atoms with Crippen molar-refractivity contribution in [1.29, 1.82) is 0 Å². The highest BCUT2D eigenvalue weighted by atomic mass is 16.7. The minimum Gasteiger partial charge on any atom is -0.507 e. The summed E-state index contributed by atoms with van der Waals surface area (Å²) in [6, 6.07) is 9.89. The number of aliphatic hydroxyl groups excluding tert-OH is 3. The van der Waals surface area contributed by atoms with Gasteiger partial charge in [-0.2, -0.15) is 0 Å². The molecule has 11 nitrogen and oxygen atoms in total. The van der Waals surface area contributed by atoms with Gasteiger partial charge in [0.05, 0.1) is 11.1 Å². The van der Waals surface area contributed by atoms with Crippen molar-refractivity contribution in [3.8, 4) is 5.75 Å². The van der Waals surface area contributed by atoms with E-state index in [2.05, 4.69) is 4.74 Å². The van der Waals surface area contributed by atoms with Crippen LogP contribution in [0.25, 0.3) is 0 Å². The fourth-order valence-corrected chi connectivity index (χ4v) is 3.64.